The second kappa shape index (κ2) is 3.21. The van der Waals surface area contributed by atoms with Crippen molar-refractivity contribution in [3.8, 4) is 0 Å². The lowest BCUT2D eigenvalue weighted by molar-refractivity contribution is -0.180. The summed E-state index contributed by atoms with van der Waals surface area (Å²) < 4.78 is 35.5. The zero-order valence-electron chi connectivity index (χ0n) is 5.72. The molecule has 1 aliphatic rings. The summed E-state index contributed by atoms with van der Waals surface area (Å²) in [6.07, 6.45) is -4.81. The summed E-state index contributed by atoms with van der Waals surface area (Å²) in [5.74, 6) is -1.42. The van der Waals surface area contributed by atoms with Crippen molar-refractivity contribution in [2.75, 3.05) is 12.3 Å². The van der Waals surface area contributed by atoms with Gasteiger partial charge in [-0.25, -0.2) is 0 Å². The molecule has 1 aliphatic heterocycles. The molecule has 0 spiro atoms. The van der Waals surface area contributed by atoms with Crippen LogP contribution in [0.2, 0.25) is 0 Å². The molecule has 1 fully saturated rings. The number of halogens is 3. The van der Waals surface area contributed by atoms with Crippen molar-refractivity contribution in [1.29, 1.82) is 0 Å². The Morgan fingerprint density at radius 1 is 1.58 bits per heavy atom. The van der Waals surface area contributed by atoms with Crippen molar-refractivity contribution in [3.05, 3.63) is 0 Å². The molecule has 0 aromatic heterocycles. The van der Waals surface area contributed by atoms with Crippen molar-refractivity contribution in [3.63, 3.8) is 0 Å². The summed E-state index contributed by atoms with van der Waals surface area (Å²) >= 11 is 5.64. The van der Waals surface area contributed by atoms with Gasteiger partial charge >= 0.3 is 12.1 Å². The SMILES string of the molecule is O=C(N1CCSC1=S)C(F)(F)F. The van der Waals surface area contributed by atoms with Gasteiger partial charge in [-0.15, -0.1) is 0 Å². The number of carbonyl (C=O) groups excluding carboxylic acids is 1. The molecule has 68 valence electrons. The lowest BCUT2D eigenvalue weighted by atomic mass is 10.5. The van der Waals surface area contributed by atoms with Gasteiger partial charge in [0, 0.05) is 12.3 Å². The van der Waals surface area contributed by atoms with Crippen LogP contribution in [-0.4, -0.2) is 33.6 Å². The Bertz CT molecular complexity index is 227. The first kappa shape index (κ1) is 9.79. The molecule has 1 heterocycles. The van der Waals surface area contributed by atoms with Crippen LogP contribution < -0.4 is 0 Å². The normalized spacial score (nSPS) is 18.6. The smallest absolute Gasteiger partial charge is 0.289 e. The number of alkyl halides is 3. The molecule has 1 rings (SSSR count). The van der Waals surface area contributed by atoms with E-state index in [1.54, 1.807) is 0 Å². The first-order chi connectivity index (χ1) is 5.43. The molecule has 0 atom stereocenters. The quantitative estimate of drug-likeness (QED) is 0.570. The van der Waals surface area contributed by atoms with Gasteiger partial charge in [-0.3, -0.25) is 9.69 Å². The topological polar surface area (TPSA) is 20.3 Å². The van der Waals surface area contributed by atoms with Gasteiger partial charge in [-0.2, -0.15) is 13.2 Å². The van der Waals surface area contributed by atoms with Crippen molar-refractivity contribution in [2.45, 2.75) is 6.18 Å². The molecule has 0 aromatic rings. The van der Waals surface area contributed by atoms with Crippen molar-refractivity contribution in [2.24, 2.45) is 0 Å². The fourth-order valence-electron chi connectivity index (χ4n) is 0.731. The van der Waals surface area contributed by atoms with E-state index in [2.05, 4.69) is 12.2 Å². The summed E-state index contributed by atoms with van der Waals surface area (Å²) in [5, 5.41) is 0. The number of amides is 1. The highest BCUT2D eigenvalue weighted by atomic mass is 32.2. The number of hydrogen-bond donors (Lipinski definition) is 0. The molecule has 7 heteroatoms. The highest BCUT2D eigenvalue weighted by molar-refractivity contribution is 8.23. The Morgan fingerprint density at radius 2 is 2.17 bits per heavy atom. The van der Waals surface area contributed by atoms with Crippen LogP contribution in [0.15, 0.2) is 0 Å². The van der Waals surface area contributed by atoms with E-state index >= 15 is 0 Å². The fraction of sp³-hybridized carbons (Fsp3) is 0.600. The minimum Gasteiger partial charge on any atom is -0.289 e. The van der Waals surface area contributed by atoms with Crippen LogP contribution in [0.1, 0.15) is 0 Å². The van der Waals surface area contributed by atoms with Gasteiger partial charge in [0.05, 0.1) is 0 Å². The summed E-state index contributed by atoms with van der Waals surface area (Å²) in [7, 11) is 0. The van der Waals surface area contributed by atoms with E-state index in [0.717, 1.165) is 11.8 Å². The minimum absolute atomic E-state index is 0.0114. The molecule has 1 amide bonds. The molecule has 0 bridgehead atoms. The average molecular weight is 215 g/mol. The standard InChI is InChI=1S/C5H4F3NOS2/c6-5(7,8)3(10)9-1-2-12-4(9)11/h1-2H2. The molecular weight excluding hydrogens is 211 g/mol. The van der Waals surface area contributed by atoms with Crippen molar-refractivity contribution < 1.29 is 18.0 Å². The third-order valence-corrected chi connectivity index (χ3v) is 2.68. The molecule has 0 aliphatic carbocycles. The Labute approximate surface area is 76.1 Å². The van der Waals surface area contributed by atoms with E-state index < -0.39 is 12.1 Å². The predicted octanol–water partition coefficient (Wildman–Crippen LogP) is 1.41. The third kappa shape index (κ3) is 1.89. The molecule has 12 heavy (non-hydrogen) atoms. The number of rotatable bonds is 0. The molecule has 0 radical (unpaired) electrons. The predicted molar refractivity (Wildman–Crippen MR) is 42.8 cm³/mol. The summed E-state index contributed by atoms with van der Waals surface area (Å²) in [4.78, 5) is 11.2. The van der Waals surface area contributed by atoms with Crippen LogP contribution in [0.5, 0.6) is 0 Å². The molecular formula is C5H4F3NOS2. The van der Waals surface area contributed by atoms with E-state index in [1.165, 1.54) is 0 Å². The largest absolute Gasteiger partial charge is 0.471 e. The number of carbonyl (C=O) groups is 1. The average Bonchev–Trinajstić information content (AvgIpc) is 2.31. The van der Waals surface area contributed by atoms with Crippen LogP contribution >= 0.6 is 24.0 Å². The van der Waals surface area contributed by atoms with Gasteiger partial charge < -0.3 is 0 Å². The third-order valence-electron chi connectivity index (χ3n) is 1.25. The molecule has 1 saturated heterocycles. The molecule has 0 unspecified atom stereocenters. The highest BCUT2D eigenvalue weighted by Crippen LogP contribution is 2.25. The Hall–Kier alpha value is -0.300. The summed E-state index contributed by atoms with van der Waals surface area (Å²) in [6.45, 7) is 0.0574. The van der Waals surface area contributed by atoms with Crippen LogP contribution in [0.3, 0.4) is 0 Å². The Kier molecular flexibility index (Phi) is 2.62. The van der Waals surface area contributed by atoms with Gasteiger partial charge in [0.15, 0.2) is 0 Å². The zero-order valence-corrected chi connectivity index (χ0v) is 7.35. The molecule has 0 aromatic carbocycles. The van der Waals surface area contributed by atoms with Crippen LogP contribution in [0, 0.1) is 0 Å². The van der Waals surface area contributed by atoms with Crippen LogP contribution in [0.4, 0.5) is 13.2 Å². The van der Waals surface area contributed by atoms with Crippen molar-refractivity contribution in [1.82, 2.24) is 4.90 Å². The minimum atomic E-state index is -4.81. The first-order valence-electron chi connectivity index (χ1n) is 2.98. The Balaban J connectivity index is 2.71. The van der Waals surface area contributed by atoms with Gasteiger partial charge in [-0.1, -0.05) is 24.0 Å². The van der Waals surface area contributed by atoms with Gasteiger partial charge in [0.2, 0.25) is 0 Å². The van der Waals surface area contributed by atoms with Crippen LogP contribution in [0.25, 0.3) is 0 Å². The number of nitrogens with zero attached hydrogens (tertiary/aromatic N) is 1. The van der Waals surface area contributed by atoms with E-state index in [9.17, 15) is 18.0 Å². The lowest BCUT2D eigenvalue weighted by Crippen LogP contribution is -2.40. The fourth-order valence-corrected chi connectivity index (χ4v) is 1.93. The summed E-state index contributed by atoms with van der Waals surface area (Å²) in [6, 6.07) is 0. The summed E-state index contributed by atoms with van der Waals surface area (Å²) in [5.41, 5.74) is 0. The Morgan fingerprint density at radius 3 is 2.50 bits per heavy atom. The van der Waals surface area contributed by atoms with Crippen LogP contribution in [-0.2, 0) is 4.79 Å². The second-order valence-electron chi connectivity index (χ2n) is 2.07. The maximum Gasteiger partial charge on any atom is 0.471 e. The molecule has 0 N–H and O–H groups in total. The maximum absolute atomic E-state index is 11.8. The molecule has 0 saturated carbocycles. The van der Waals surface area contributed by atoms with Gasteiger partial charge in [-0.05, 0) is 0 Å². The first-order valence-corrected chi connectivity index (χ1v) is 4.38. The highest BCUT2D eigenvalue weighted by Gasteiger charge is 2.44. The van der Waals surface area contributed by atoms with Gasteiger partial charge in [0.25, 0.3) is 0 Å². The van der Waals surface area contributed by atoms with Gasteiger partial charge in [0.1, 0.15) is 4.32 Å². The maximum atomic E-state index is 11.8. The van der Waals surface area contributed by atoms with E-state index in [1.807, 2.05) is 0 Å². The second-order valence-corrected chi connectivity index (χ2v) is 3.80. The number of thiocarbonyl (C=S) groups is 1. The number of thioether (sulfide) groups is 1. The van der Waals surface area contributed by atoms with Crippen molar-refractivity contribution >= 4 is 34.2 Å². The van der Waals surface area contributed by atoms with E-state index in [0.29, 0.717) is 10.7 Å². The van der Waals surface area contributed by atoms with E-state index in [4.69, 9.17) is 0 Å². The molecule has 2 nitrogen and oxygen atoms in total. The zero-order chi connectivity index (χ0) is 9.35. The van der Waals surface area contributed by atoms with E-state index in [-0.39, 0.29) is 10.9 Å². The lowest BCUT2D eigenvalue weighted by Gasteiger charge is -2.15. The number of hydrogen-bond acceptors (Lipinski definition) is 3. The monoisotopic (exact) mass is 215 g/mol.